The van der Waals surface area contributed by atoms with Gasteiger partial charge in [-0.15, -0.1) is 0 Å². The molecule has 0 bridgehead atoms. The predicted molar refractivity (Wildman–Crippen MR) is 50.7 cm³/mol. The third kappa shape index (κ3) is 1.67. The lowest BCUT2D eigenvalue weighted by Crippen LogP contribution is -2.04. The standard InChI is InChI=1S/C9H6ClF3N2/c1-15-7-4-5(9(11,12)13)2-3-6(7)8(10)14-15/h2-4H,1H3. The van der Waals surface area contributed by atoms with Crippen molar-refractivity contribution >= 4 is 22.5 Å². The molecule has 0 N–H and O–H groups in total. The number of hydrogen-bond donors (Lipinski definition) is 0. The minimum absolute atomic E-state index is 0.209. The molecule has 0 atom stereocenters. The van der Waals surface area contributed by atoms with Crippen LogP contribution in [0.4, 0.5) is 13.2 Å². The van der Waals surface area contributed by atoms with Gasteiger partial charge in [0.2, 0.25) is 0 Å². The molecule has 0 spiro atoms. The van der Waals surface area contributed by atoms with Crippen LogP contribution >= 0.6 is 11.6 Å². The van der Waals surface area contributed by atoms with Crippen LogP contribution in [0.3, 0.4) is 0 Å². The first-order valence-electron chi connectivity index (χ1n) is 4.09. The normalized spacial score (nSPS) is 12.3. The van der Waals surface area contributed by atoms with Gasteiger partial charge in [0.15, 0.2) is 5.15 Å². The van der Waals surface area contributed by atoms with E-state index < -0.39 is 11.7 Å². The average molecular weight is 235 g/mol. The monoisotopic (exact) mass is 234 g/mol. The van der Waals surface area contributed by atoms with Crippen molar-refractivity contribution in [2.24, 2.45) is 7.05 Å². The van der Waals surface area contributed by atoms with E-state index in [-0.39, 0.29) is 5.15 Å². The van der Waals surface area contributed by atoms with Crippen LogP contribution in [0, 0.1) is 0 Å². The fraction of sp³-hybridized carbons (Fsp3) is 0.222. The Morgan fingerprint density at radius 3 is 2.60 bits per heavy atom. The molecule has 0 unspecified atom stereocenters. The van der Waals surface area contributed by atoms with Crippen LogP contribution < -0.4 is 0 Å². The maximum atomic E-state index is 12.4. The smallest absolute Gasteiger partial charge is 0.266 e. The molecule has 2 aromatic rings. The van der Waals surface area contributed by atoms with Crippen molar-refractivity contribution in [1.29, 1.82) is 0 Å². The fourth-order valence-corrected chi connectivity index (χ4v) is 1.66. The minimum atomic E-state index is -4.34. The largest absolute Gasteiger partial charge is 0.416 e. The van der Waals surface area contributed by atoms with Gasteiger partial charge in [-0.2, -0.15) is 18.3 Å². The minimum Gasteiger partial charge on any atom is -0.266 e. The van der Waals surface area contributed by atoms with Gasteiger partial charge in [0, 0.05) is 12.4 Å². The molecular formula is C9H6ClF3N2. The lowest BCUT2D eigenvalue weighted by atomic mass is 10.1. The molecule has 2 nitrogen and oxygen atoms in total. The Morgan fingerprint density at radius 2 is 2.00 bits per heavy atom. The van der Waals surface area contributed by atoms with Gasteiger partial charge in [0.05, 0.1) is 11.1 Å². The van der Waals surface area contributed by atoms with Crippen LogP contribution in [-0.2, 0) is 13.2 Å². The summed E-state index contributed by atoms with van der Waals surface area (Å²) in [5.41, 5.74) is -0.329. The zero-order valence-electron chi connectivity index (χ0n) is 7.64. The molecule has 0 aliphatic heterocycles. The van der Waals surface area contributed by atoms with Crippen LogP contribution in [-0.4, -0.2) is 9.78 Å². The second kappa shape index (κ2) is 3.13. The Hall–Kier alpha value is -1.23. The van der Waals surface area contributed by atoms with Gasteiger partial charge < -0.3 is 0 Å². The SMILES string of the molecule is Cn1nc(Cl)c2ccc(C(F)(F)F)cc21. The second-order valence-electron chi connectivity index (χ2n) is 3.14. The molecule has 15 heavy (non-hydrogen) atoms. The third-order valence-corrected chi connectivity index (χ3v) is 2.41. The third-order valence-electron chi connectivity index (χ3n) is 2.13. The highest BCUT2D eigenvalue weighted by atomic mass is 35.5. The van der Waals surface area contributed by atoms with Crippen LogP contribution in [0.2, 0.25) is 5.15 Å². The van der Waals surface area contributed by atoms with Crippen molar-refractivity contribution in [2.45, 2.75) is 6.18 Å². The van der Waals surface area contributed by atoms with Crippen LogP contribution in [0.5, 0.6) is 0 Å². The van der Waals surface area contributed by atoms with Gasteiger partial charge in [-0.25, -0.2) is 0 Å². The molecule has 1 heterocycles. The Bertz CT molecular complexity index is 516. The number of hydrogen-bond acceptors (Lipinski definition) is 1. The van der Waals surface area contributed by atoms with Gasteiger partial charge in [0.1, 0.15) is 0 Å². The first-order valence-corrected chi connectivity index (χ1v) is 4.47. The van der Waals surface area contributed by atoms with Gasteiger partial charge in [-0.3, -0.25) is 4.68 Å². The summed E-state index contributed by atoms with van der Waals surface area (Å²) in [6, 6.07) is 3.36. The van der Waals surface area contributed by atoms with Gasteiger partial charge >= 0.3 is 6.18 Å². The van der Waals surface area contributed by atoms with Crippen molar-refractivity contribution < 1.29 is 13.2 Å². The van der Waals surface area contributed by atoms with Crippen LogP contribution in [0.25, 0.3) is 10.9 Å². The molecular weight excluding hydrogens is 229 g/mol. The number of aromatic nitrogens is 2. The molecule has 0 amide bonds. The van der Waals surface area contributed by atoms with E-state index in [1.807, 2.05) is 0 Å². The lowest BCUT2D eigenvalue weighted by Gasteiger charge is -2.06. The van der Waals surface area contributed by atoms with Crippen molar-refractivity contribution in [2.75, 3.05) is 0 Å². The van der Waals surface area contributed by atoms with E-state index >= 15 is 0 Å². The number of aryl methyl sites for hydroxylation is 1. The number of nitrogens with zero attached hydrogens (tertiary/aromatic N) is 2. The molecule has 1 aromatic carbocycles. The van der Waals surface area contributed by atoms with Gasteiger partial charge in [-0.05, 0) is 18.2 Å². The van der Waals surface area contributed by atoms with Crippen LogP contribution in [0.15, 0.2) is 18.2 Å². The van der Waals surface area contributed by atoms with Crippen molar-refractivity contribution in [3.8, 4) is 0 Å². The first kappa shape index (κ1) is 10.3. The zero-order chi connectivity index (χ0) is 11.2. The first-order chi connectivity index (χ1) is 6.89. The summed E-state index contributed by atoms with van der Waals surface area (Å²) in [4.78, 5) is 0. The molecule has 1 aromatic heterocycles. The van der Waals surface area contributed by atoms with Gasteiger partial charge in [-0.1, -0.05) is 11.6 Å². The van der Waals surface area contributed by atoms with E-state index in [1.165, 1.54) is 10.7 Å². The summed E-state index contributed by atoms with van der Waals surface area (Å²) >= 11 is 5.73. The number of alkyl halides is 3. The van der Waals surface area contributed by atoms with Gasteiger partial charge in [0.25, 0.3) is 0 Å². The van der Waals surface area contributed by atoms with Crippen molar-refractivity contribution in [1.82, 2.24) is 9.78 Å². The topological polar surface area (TPSA) is 17.8 Å². The quantitative estimate of drug-likeness (QED) is 0.684. The van der Waals surface area contributed by atoms with E-state index in [2.05, 4.69) is 5.10 Å². The van der Waals surface area contributed by atoms with E-state index in [9.17, 15) is 13.2 Å². The number of rotatable bonds is 0. The number of fused-ring (bicyclic) bond motifs is 1. The molecule has 6 heteroatoms. The molecule has 80 valence electrons. The highest BCUT2D eigenvalue weighted by Crippen LogP contribution is 2.32. The molecule has 0 saturated heterocycles. The summed E-state index contributed by atoms with van der Waals surface area (Å²) in [7, 11) is 1.55. The summed E-state index contributed by atoms with van der Waals surface area (Å²) in [6.07, 6.45) is -4.34. The Kier molecular flexibility index (Phi) is 2.15. The molecule has 0 radical (unpaired) electrons. The summed E-state index contributed by atoms with van der Waals surface area (Å²) in [5, 5.41) is 4.56. The van der Waals surface area contributed by atoms with Crippen molar-refractivity contribution in [3.63, 3.8) is 0 Å². The number of benzene rings is 1. The average Bonchev–Trinajstić information content (AvgIpc) is 2.41. The zero-order valence-corrected chi connectivity index (χ0v) is 8.39. The molecule has 2 rings (SSSR count). The molecule has 0 saturated carbocycles. The highest BCUT2D eigenvalue weighted by Gasteiger charge is 2.30. The molecule has 0 aliphatic carbocycles. The van der Waals surface area contributed by atoms with E-state index in [4.69, 9.17) is 11.6 Å². The van der Waals surface area contributed by atoms with Crippen molar-refractivity contribution in [3.05, 3.63) is 28.9 Å². The second-order valence-corrected chi connectivity index (χ2v) is 3.50. The summed E-state index contributed by atoms with van der Waals surface area (Å²) in [5.74, 6) is 0. The van der Waals surface area contributed by atoms with E-state index in [1.54, 1.807) is 7.05 Å². The maximum Gasteiger partial charge on any atom is 0.416 e. The summed E-state index contributed by atoms with van der Waals surface area (Å²) in [6.45, 7) is 0. The molecule has 0 aliphatic rings. The Labute approximate surface area is 88.3 Å². The maximum absolute atomic E-state index is 12.4. The van der Waals surface area contributed by atoms with E-state index in [0.29, 0.717) is 10.9 Å². The molecule has 0 fully saturated rings. The fourth-order valence-electron chi connectivity index (χ4n) is 1.39. The Morgan fingerprint density at radius 1 is 1.33 bits per heavy atom. The Balaban J connectivity index is 2.71. The lowest BCUT2D eigenvalue weighted by molar-refractivity contribution is -0.137. The summed E-state index contributed by atoms with van der Waals surface area (Å²) < 4.78 is 38.5. The number of halogens is 4. The van der Waals surface area contributed by atoms with Crippen LogP contribution in [0.1, 0.15) is 5.56 Å². The highest BCUT2D eigenvalue weighted by molar-refractivity contribution is 6.34. The predicted octanol–water partition coefficient (Wildman–Crippen LogP) is 3.25. The van der Waals surface area contributed by atoms with E-state index in [0.717, 1.165) is 12.1 Å².